The third-order valence-electron chi connectivity index (χ3n) is 11.4. The van der Waals surface area contributed by atoms with Crippen molar-refractivity contribution in [2.45, 2.75) is 83.2 Å². The van der Waals surface area contributed by atoms with E-state index in [2.05, 4.69) is 112 Å². The first-order chi connectivity index (χ1) is 27.0. The van der Waals surface area contributed by atoms with E-state index in [4.69, 9.17) is 0 Å². The number of nitrogens with one attached hydrogen (secondary N) is 2. The smallest absolute Gasteiger partial charge is 0.254 e. The topological polar surface area (TPSA) is 112 Å². The number of hydrogen-bond acceptors (Lipinski definition) is 8. The molecule has 3 aliphatic rings. The summed E-state index contributed by atoms with van der Waals surface area (Å²) in [4.78, 5) is 45.6. The maximum atomic E-state index is 13.8. The van der Waals surface area contributed by atoms with E-state index < -0.39 is 0 Å². The van der Waals surface area contributed by atoms with E-state index in [0.29, 0.717) is 60.4 Å². The molecule has 0 radical (unpaired) electrons. The number of aromatic nitrogens is 2. The van der Waals surface area contributed by atoms with Crippen molar-refractivity contribution < 1.29 is 9.59 Å². The highest BCUT2D eigenvalue weighted by Crippen LogP contribution is 2.35. The summed E-state index contributed by atoms with van der Waals surface area (Å²) in [6.07, 6.45) is 17.8. The maximum Gasteiger partial charge on any atom is 0.254 e. The van der Waals surface area contributed by atoms with Crippen LogP contribution in [0.4, 0.5) is 0 Å². The Kier molecular flexibility index (Phi) is 12.7. The summed E-state index contributed by atoms with van der Waals surface area (Å²) < 4.78 is 0. The number of hydrogen-bond donors (Lipinski definition) is 2. The van der Waals surface area contributed by atoms with Crippen LogP contribution in [0.25, 0.3) is 0 Å². The molecule has 3 aromatic rings. The monoisotopic (exact) mass is 749 g/mol. The Bertz CT molecular complexity index is 2080. The van der Waals surface area contributed by atoms with E-state index in [-0.39, 0.29) is 17.4 Å². The minimum Gasteiger partial charge on any atom is -0.390 e. The number of rotatable bonds is 17. The second-order valence-electron chi connectivity index (χ2n) is 15.8. The SMILES string of the molecule is C=CCCC(C(=C)NC)N(C)C(=O)C1=CC(N[C@H]2C[C@@H](Cc3ccc(C(C)(C)c4ccc(Cc5cnc(C6=NCC(C)=N6)cn5)cc4)cc3)C2)=CCC=C1C=O. The summed E-state index contributed by atoms with van der Waals surface area (Å²) in [6.45, 7) is 15.1. The fourth-order valence-corrected chi connectivity index (χ4v) is 7.70. The van der Waals surface area contributed by atoms with Gasteiger partial charge in [0.25, 0.3) is 5.91 Å². The molecule has 1 unspecified atom stereocenters. The van der Waals surface area contributed by atoms with Gasteiger partial charge in [-0.3, -0.25) is 19.6 Å². The molecular formula is C47H55N7O2. The molecule has 1 atom stereocenters. The fourth-order valence-electron chi connectivity index (χ4n) is 7.70. The molecule has 2 heterocycles. The average Bonchev–Trinajstić information content (AvgIpc) is 3.52. The predicted molar refractivity (Wildman–Crippen MR) is 227 cm³/mol. The quantitative estimate of drug-likeness (QED) is 0.110. The maximum absolute atomic E-state index is 13.8. The third-order valence-corrected chi connectivity index (χ3v) is 11.4. The third kappa shape index (κ3) is 9.39. The van der Waals surface area contributed by atoms with Crippen molar-refractivity contribution in [2.24, 2.45) is 15.9 Å². The Morgan fingerprint density at radius 1 is 1.02 bits per heavy atom. The largest absolute Gasteiger partial charge is 0.390 e. The van der Waals surface area contributed by atoms with E-state index in [9.17, 15) is 9.59 Å². The molecule has 0 saturated heterocycles. The van der Waals surface area contributed by atoms with Crippen LogP contribution in [0.3, 0.4) is 0 Å². The van der Waals surface area contributed by atoms with E-state index in [1.54, 1.807) is 25.2 Å². The Balaban J connectivity index is 1.01. The van der Waals surface area contributed by atoms with Crippen LogP contribution in [0.5, 0.6) is 0 Å². The molecule has 1 amide bonds. The van der Waals surface area contributed by atoms with E-state index in [1.165, 1.54) is 22.3 Å². The van der Waals surface area contributed by atoms with Gasteiger partial charge in [0.05, 0.1) is 30.1 Å². The number of aliphatic imine (C=N–C) groups is 2. The van der Waals surface area contributed by atoms with Gasteiger partial charge in [-0.1, -0.05) is 87.2 Å². The molecular weight excluding hydrogens is 695 g/mol. The molecule has 56 heavy (non-hydrogen) atoms. The Morgan fingerprint density at radius 3 is 2.30 bits per heavy atom. The van der Waals surface area contributed by atoms with Gasteiger partial charge in [-0.2, -0.15) is 0 Å². The number of amides is 1. The molecule has 2 aromatic carbocycles. The number of allylic oxidation sites excluding steroid dienone is 4. The molecule has 1 aromatic heterocycles. The van der Waals surface area contributed by atoms with E-state index >= 15 is 0 Å². The minimum atomic E-state index is -0.225. The van der Waals surface area contributed by atoms with Crippen molar-refractivity contribution in [3.8, 4) is 0 Å². The predicted octanol–water partition coefficient (Wildman–Crippen LogP) is 7.39. The first-order valence-electron chi connectivity index (χ1n) is 19.7. The van der Waals surface area contributed by atoms with Crippen LogP contribution in [0.2, 0.25) is 0 Å². The highest BCUT2D eigenvalue weighted by Gasteiger charge is 2.31. The van der Waals surface area contributed by atoms with Crippen molar-refractivity contribution in [1.29, 1.82) is 0 Å². The average molecular weight is 750 g/mol. The number of likely N-dealkylation sites (N-methyl/N-ethyl adjacent to an activating group) is 2. The first-order valence-corrected chi connectivity index (χ1v) is 19.7. The Labute approximate surface area is 332 Å². The van der Waals surface area contributed by atoms with E-state index in [1.807, 2.05) is 31.3 Å². The highest BCUT2D eigenvalue weighted by atomic mass is 16.2. The molecule has 9 nitrogen and oxygen atoms in total. The molecule has 9 heteroatoms. The zero-order chi connectivity index (χ0) is 39.8. The lowest BCUT2D eigenvalue weighted by Crippen LogP contribution is -2.42. The van der Waals surface area contributed by atoms with Crippen molar-refractivity contribution in [3.05, 3.63) is 155 Å². The van der Waals surface area contributed by atoms with Gasteiger partial charge in [0.2, 0.25) is 0 Å². The summed E-state index contributed by atoms with van der Waals surface area (Å²) >= 11 is 0. The second kappa shape index (κ2) is 17.8. The van der Waals surface area contributed by atoms with Gasteiger partial charge in [-0.25, -0.2) is 9.98 Å². The Hall–Kier alpha value is -5.70. The van der Waals surface area contributed by atoms with Gasteiger partial charge in [0.1, 0.15) is 5.69 Å². The van der Waals surface area contributed by atoms with Gasteiger partial charge >= 0.3 is 0 Å². The zero-order valence-electron chi connectivity index (χ0n) is 33.5. The van der Waals surface area contributed by atoms with Crippen LogP contribution in [0.1, 0.15) is 86.5 Å². The number of aldehydes is 1. The number of carbonyl (C=O) groups excluding carboxylic acids is 2. The fraction of sp³-hybridized carbons (Fsp3) is 0.362. The summed E-state index contributed by atoms with van der Waals surface area (Å²) in [6, 6.07) is 18.0. The lowest BCUT2D eigenvalue weighted by atomic mass is 9.75. The zero-order valence-corrected chi connectivity index (χ0v) is 33.5. The Morgan fingerprint density at radius 2 is 1.71 bits per heavy atom. The van der Waals surface area contributed by atoms with Crippen LogP contribution in [-0.4, -0.2) is 71.3 Å². The van der Waals surface area contributed by atoms with Crippen LogP contribution < -0.4 is 10.6 Å². The molecule has 2 aliphatic carbocycles. The number of amidine groups is 1. The lowest BCUT2D eigenvalue weighted by Gasteiger charge is -2.37. The van der Waals surface area contributed by atoms with E-state index in [0.717, 1.165) is 54.8 Å². The summed E-state index contributed by atoms with van der Waals surface area (Å²) in [7, 11) is 3.58. The lowest BCUT2D eigenvalue weighted by molar-refractivity contribution is -0.127. The normalized spacial score (nSPS) is 18.5. The van der Waals surface area contributed by atoms with Crippen LogP contribution in [0.15, 0.2) is 131 Å². The summed E-state index contributed by atoms with van der Waals surface area (Å²) in [5, 5.41) is 6.76. The number of carbonyl (C=O) groups is 2. The van der Waals surface area contributed by atoms with Gasteiger partial charge in [-0.15, -0.1) is 6.58 Å². The molecule has 1 aliphatic heterocycles. The molecule has 290 valence electrons. The van der Waals surface area contributed by atoms with Crippen LogP contribution in [0, 0.1) is 5.92 Å². The van der Waals surface area contributed by atoms with Gasteiger partial charge < -0.3 is 15.5 Å². The summed E-state index contributed by atoms with van der Waals surface area (Å²) in [5.74, 6) is 1.04. The van der Waals surface area contributed by atoms with Gasteiger partial charge in [-0.05, 0) is 79.7 Å². The second-order valence-corrected chi connectivity index (χ2v) is 15.8. The first kappa shape index (κ1) is 40.0. The molecule has 2 N–H and O–H groups in total. The molecule has 0 bridgehead atoms. The van der Waals surface area contributed by atoms with Crippen molar-refractivity contribution in [1.82, 2.24) is 25.5 Å². The molecule has 1 saturated carbocycles. The molecule has 6 rings (SSSR count). The van der Waals surface area contributed by atoms with Crippen molar-refractivity contribution in [2.75, 3.05) is 20.6 Å². The summed E-state index contributed by atoms with van der Waals surface area (Å²) in [5.41, 5.74) is 10.0. The molecule has 0 spiro atoms. The number of benzene rings is 2. The van der Waals surface area contributed by atoms with Gasteiger partial charge in [0.15, 0.2) is 12.1 Å². The van der Waals surface area contributed by atoms with Crippen LogP contribution >= 0.6 is 0 Å². The molecule has 1 fully saturated rings. The van der Waals surface area contributed by atoms with Gasteiger partial charge in [0, 0.05) is 60.8 Å². The standard InChI is InChI=1S/C47H55N7O2/c1-8-9-13-44(32(3)48-6)54(7)46(56)42-26-39(12-10-11-36(42)30-55)53-40-24-35(25-40)22-33-14-18-37(19-15-33)47(4,5)38-20-16-34(17-21-38)23-41-28-50-43(29-49-41)45-51-27-31(2)52-45/h8,11-12,14-21,26,28-30,35,40,44,48,53H,1,3,9-10,13,22-25,27H2,2,4-7H3/t35-,40+,44?. The van der Waals surface area contributed by atoms with Crippen LogP contribution in [-0.2, 0) is 27.8 Å². The minimum absolute atomic E-state index is 0.147. The van der Waals surface area contributed by atoms with Crippen molar-refractivity contribution >= 4 is 23.7 Å². The highest BCUT2D eigenvalue weighted by molar-refractivity contribution is 6.10. The van der Waals surface area contributed by atoms with Crippen molar-refractivity contribution in [3.63, 3.8) is 0 Å². The number of nitrogens with zero attached hydrogens (tertiary/aromatic N) is 5.